The predicted molar refractivity (Wildman–Crippen MR) is 126 cm³/mol. The number of hydrogen-bond donors (Lipinski definition) is 0. The summed E-state index contributed by atoms with van der Waals surface area (Å²) in [7, 11) is 0. The molecule has 150 valence electrons. The molecule has 0 amide bonds. The molecule has 0 aliphatic heterocycles. The van der Waals surface area contributed by atoms with E-state index < -0.39 is 0 Å². The molecule has 0 unspecified atom stereocenters. The van der Waals surface area contributed by atoms with Crippen LogP contribution in [0.25, 0.3) is 22.4 Å². The average molecular weight is 421 g/mol. The summed E-state index contributed by atoms with van der Waals surface area (Å²) < 4.78 is 0. The van der Waals surface area contributed by atoms with Crippen LogP contribution in [-0.4, -0.2) is 16.5 Å². The second-order valence-electron chi connectivity index (χ2n) is 7.16. The molecule has 4 heteroatoms. The maximum atomic E-state index is 12.6. The fourth-order valence-corrected chi connectivity index (χ4v) is 4.19. The predicted octanol–water partition coefficient (Wildman–Crippen LogP) is 6.57. The number of aryl methyl sites for hydroxylation is 1. The van der Waals surface area contributed by atoms with Gasteiger partial charge in [0.05, 0.1) is 17.0 Å². The van der Waals surface area contributed by atoms with Gasteiger partial charge in [0.1, 0.15) is 11.1 Å². The minimum atomic E-state index is 0.0123. The summed E-state index contributed by atoms with van der Waals surface area (Å²) in [4.78, 5) is 17.4. The van der Waals surface area contributed by atoms with Crippen molar-refractivity contribution < 1.29 is 4.79 Å². The molecule has 31 heavy (non-hydrogen) atoms. The minimum Gasteiger partial charge on any atom is -0.293 e. The van der Waals surface area contributed by atoms with Gasteiger partial charge in [-0.25, -0.2) is 4.98 Å². The molecule has 4 aromatic rings. The van der Waals surface area contributed by atoms with Crippen LogP contribution in [0.5, 0.6) is 0 Å². The average Bonchev–Trinajstić information content (AvgIpc) is 2.83. The highest BCUT2D eigenvalue weighted by Crippen LogP contribution is 2.34. The van der Waals surface area contributed by atoms with Gasteiger partial charge in [0.15, 0.2) is 5.78 Å². The third-order valence-corrected chi connectivity index (χ3v) is 5.94. The second kappa shape index (κ2) is 9.42. The van der Waals surface area contributed by atoms with Crippen LogP contribution in [0.4, 0.5) is 0 Å². The summed E-state index contributed by atoms with van der Waals surface area (Å²) >= 11 is 1.31. The molecule has 4 rings (SSSR count). The van der Waals surface area contributed by atoms with E-state index in [1.165, 1.54) is 17.3 Å². The Labute approximate surface area is 186 Å². The zero-order valence-corrected chi connectivity index (χ0v) is 17.9. The maximum absolute atomic E-state index is 12.6. The molecule has 0 fully saturated rings. The lowest BCUT2D eigenvalue weighted by Gasteiger charge is -2.12. The molecule has 0 saturated heterocycles. The SMILES string of the molecule is Cc1ccc(-c2cc(-c3ccccc3)c(C#N)c(SCC(=O)c3ccccc3)n2)cc1. The number of pyridine rings is 1. The third-order valence-electron chi connectivity index (χ3n) is 4.97. The molecular weight excluding hydrogens is 400 g/mol. The monoisotopic (exact) mass is 420 g/mol. The van der Waals surface area contributed by atoms with E-state index in [4.69, 9.17) is 4.98 Å². The molecular formula is C27H20N2OS. The number of nitriles is 1. The van der Waals surface area contributed by atoms with E-state index in [0.29, 0.717) is 16.2 Å². The molecule has 1 aromatic heterocycles. The van der Waals surface area contributed by atoms with Gasteiger partial charge in [0.25, 0.3) is 0 Å². The zero-order valence-electron chi connectivity index (χ0n) is 17.1. The lowest BCUT2D eigenvalue weighted by atomic mass is 9.99. The largest absolute Gasteiger partial charge is 0.293 e. The zero-order chi connectivity index (χ0) is 21.6. The van der Waals surface area contributed by atoms with Crippen molar-refractivity contribution in [2.75, 3.05) is 5.75 Å². The fraction of sp³-hybridized carbons (Fsp3) is 0.0741. The van der Waals surface area contributed by atoms with Gasteiger partial charge in [-0.1, -0.05) is 102 Å². The Morgan fingerprint density at radius 3 is 2.19 bits per heavy atom. The fourth-order valence-electron chi connectivity index (χ4n) is 3.29. The van der Waals surface area contributed by atoms with E-state index in [9.17, 15) is 10.1 Å². The van der Waals surface area contributed by atoms with Crippen molar-refractivity contribution in [2.45, 2.75) is 11.9 Å². The van der Waals surface area contributed by atoms with Crippen molar-refractivity contribution in [3.63, 3.8) is 0 Å². The van der Waals surface area contributed by atoms with Crippen LogP contribution < -0.4 is 0 Å². The number of aromatic nitrogens is 1. The molecule has 0 saturated carbocycles. The normalized spacial score (nSPS) is 10.5. The first-order valence-corrected chi connectivity index (χ1v) is 10.9. The van der Waals surface area contributed by atoms with Crippen LogP contribution in [0.1, 0.15) is 21.5 Å². The van der Waals surface area contributed by atoms with Gasteiger partial charge in [-0.05, 0) is 18.6 Å². The first kappa shape index (κ1) is 20.6. The Morgan fingerprint density at radius 2 is 1.55 bits per heavy atom. The summed E-state index contributed by atoms with van der Waals surface area (Å²) in [6.07, 6.45) is 0. The van der Waals surface area contributed by atoms with Crippen molar-refractivity contribution in [1.82, 2.24) is 4.98 Å². The Hall–Kier alpha value is -3.68. The topological polar surface area (TPSA) is 53.8 Å². The Morgan fingerprint density at radius 1 is 0.903 bits per heavy atom. The van der Waals surface area contributed by atoms with Crippen LogP contribution in [0.15, 0.2) is 96.0 Å². The Bertz CT molecular complexity index is 1240. The third kappa shape index (κ3) is 4.74. The van der Waals surface area contributed by atoms with E-state index in [1.54, 1.807) is 12.1 Å². The molecule has 0 aliphatic carbocycles. The van der Waals surface area contributed by atoms with Crippen molar-refractivity contribution in [3.8, 4) is 28.5 Å². The second-order valence-corrected chi connectivity index (χ2v) is 8.12. The highest BCUT2D eigenvalue weighted by molar-refractivity contribution is 8.00. The number of carbonyl (C=O) groups is 1. The first-order chi connectivity index (χ1) is 15.2. The standard InChI is InChI=1S/C27H20N2OS/c1-19-12-14-21(15-13-19)25-16-23(20-8-4-2-5-9-20)24(17-28)27(29-25)31-18-26(30)22-10-6-3-7-11-22/h2-16H,18H2,1H3. The number of rotatable bonds is 6. The molecule has 3 nitrogen and oxygen atoms in total. The summed E-state index contributed by atoms with van der Waals surface area (Å²) in [6.45, 7) is 2.04. The van der Waals surface area contributed by atoms with Crippen LogP contribution in [0.2, 0.25) is 0 Å². The van der Waals surface area contributed by atoms with E-state index >= 15 is 0 Å². The number of nitrogens with zero attached hydrogens (tertiary/aromatic N) is 2. The molecule has 0 atom stereocenters. The number of ketones is 1. The van der Waals surface area contributed by atoms with Gasteiger partial charge < -0.3 is 0 Å². The van der Waals surface area contributed by atoms with Crippen molar-refractivity contribution in [3.05, 3.63) is 108 Å². The van der Waals surface area contributed by atoms with E-state index in [1.807, 2.05) is 85.8 Å². The summed E-state index contributed by atoms with van der Waals surface area (Å²) in [5.41, 5.74) is 5.86. The maximum Gasteiger partial charge on any atom is 0.173 e. The molecule has 1 heterocycles. The minimum absolute atomic E-state index is 0.0123. The van der Waals surface area contributed by atoms with E-state index in [-0.39, 0.29) is 11.5 Å². The van der Waals surface area contributed by atoms with E-state index in [0.717, 1.165) is 22.4 Å². The van der Waals surface area contributed by atoms with Gasteiger partial charge in [-0.2, -0.15) is 5.26 Å². The first-order valence-electron chi connectivity index (χ1n) is 9.94. The smallest absolute Gasteiger partial charge is 0.173 e. The van der Waals surface area contributed by atoms with Gasteiger partial charge in [0.2, 0.25) is 0 Å². The number of hydrogen-bond acceptors (Lipinski definition) is 4. The molecule has 0 radical (unpaired) electrons. The van der Waals surface area contributed by atoms with Crippen LogP contribution in [0.3, 0.4) is 0 Å². The molecule has 0 N–H and O–H groups in total. The van der Waals surface area contributed by atoms with Crippen molar-refractivity contribution in [1.29, 1.82) is 5.26 Å². The number of benzene rings is 3. The molecule has 3 aromatic carbocycles. The van der Waals surface area contributed by atoms with Gasteiger partial charge in [-0.3, -0.25) is 4.79 Å². The van der Waals surface area contributed by atoms with Gasteiger partial charge in [0, 0.05) is 16.7 Å². The van der Waals surface area contributed by atoms with Gasteiger partial charge in [-0.15, -0.1) is 0 Å². The molecule has 0 spiro atoms. The molecule has 0 aliphatic rings. The number of Topliss-reactive ketones (excluding diaryl/α,β-unsaturated/α-hetero) is 1. The Kier molecular flexibility index (Phi) is 6.26. The van der Waals surface area contributed by atoms with E-state index in [2.05, 4.69) is 6.07 Å². The lowest BCUT2D eigenvalue weighted by molar-refractivity contribution is 0.102. The highest BCUT2D eigenvalue weighted by atomic mass is 32.2. The van der Waals surface area contributed by atoms with Crippen molar-refractivity contribution >= 4 is 17.5 Å². The summed E-state index contributed by atoms with van der Waals surface area (Å²) in [5, 5.41) is 10.5. The molecule has 0 bridgehead atoms. The number of carbonyl (C=O) groups excluding carboxylic acids is 1. The number of thioether (sulfide) groups is 1. The van der Waals surface area contributed by atoms with Crippen LogP contribution in [0, 0.1) is 18.3 Å². The Balaban J connectivity index is 1.77. The van der Waals surface area contributed by atoms with Crippen LogP contribution >= 0.6 is 11.8 Å². The van der Waals surface area contributed by atoms with Gasteiger partial charge >= 0.3 is 0 Å². The van der Waals surface area contributed by atoms with Crippen molar-refractivity contribution in [2.24, 2.45) is 0 Å². The lowest BCUT2D eigenvalue weighted by Crippen LogP contribution is -2.03. The van der Waals surface area contributed by atoms with Crippen LogP contribution in [-0.2, 0) is 0 Å². The quantitative estimate of drug-likeness (QED) is 0.261. The summed E-state index contributed by atoms with van der Waals surface area (Å²) in [6, 6.07) is 31.4. The highest BCUT2D eigenvalue weighted by Gasteiger charge is 2.17. The summed E-state index contributed by atoms with van der Waals surface area (Å²) in [5.74, 6) is 0.232.